The molecule has 0 aromatic heterocycles. The first-order chi connectivity index (χ1) is 9.15. The molecule has 0 aliphatic carbocycles. The third-order valence-corrected chi connectivity index (χ3v) is 3.45. The molecule has 0 heterocycles. The van der Waals surface area contributed by atoms with E-state index in [1.807, 2.05) is 6.07 Å². The van der Waals surface area contributed by atoms with Gasteiger partial charge in [-0.1, -0.05) is 88.4 Å². The molecule has 1 unspecified atom stereocenters. The van der Waals surface area contributed by atoms with E-state index >= 15 is 0 Å². The molecule has 0 aliphatic heterocycles. The summed E-state index contributed by atoms with van der Waals surface area (Å²) < 4.78 is 0. The fourth-order valence-electron chi connectivity index (χ4n) is 1.86. The molecule has 0 saturated heterocycles. The average Bonchev–Trinajstić information content (AvgIpc) is 2.49. The Kier molecular flexibility index (Phi) is 6.95. The molecule has 0 N–H and O–H groups in total. The first-order valence-corrected chi connectivity index (χ1v) is 7.25. The Morgan fingerprint density at radius 1 is 0.684 bits per heavy atom. The fourth-order valence-corrected chi connectivity index (χ4v) is 1.86. The third-order valence-electron chi connectivity index (χ3n) is 3.45. The molecule has 2 aromatic carbocycles. The Bertz CT molecular complexity index is 428. The fraction of sp³-hybridized carbons (Fsp3) is 0.368. The first-order valence-electron chi connectivity index (χ1n) is 7.25. The highest BCUT2D eigenvalue weighted by Crippen LogP contribution is 2.16. The maximum absolute atomic E-state index is 2.26. The number of hydrogen-bond donors (Lipinski definition) is 0. The van der Waals surface area contributed by atoms with Gasteiger partial charge in [-0.25, -0.2) is 0 Å². The van der Waals surface area contributed by atoms with E-state index in [0.29, 0.717) is 11.8 Å². The summed E-state index contributed by atoms with van der Waals surface area (Å²) >= 11 is 0. The Balaban J connectivity index is 0.000000191. The van der Waals surface area contributed by atoms with E-state index < -0.39 is 0 Å². The maximum atomic E-state index is 2.26. The molecule has 102 valence electrons. The molecule has 0 aliphatic rings. The van der Waals surface area contributed by atoms with Gasteiger partial charge >= 0.3 is 0 Å². The van der Waals surface area contributed by atoms with Crippen LogP contribution >= 0.6 is 0 Å². The van der Waals surface area contributed by atoms with E-state index in [4.69, 9.17) is 0 Å². The molecular weight excluding hydrogens is 228 g/mol. The molecule has 0 nitrogen and oxygen atoms in total. The Hall–Kier alpha value is -1.56. The molecule has 2 aromatic rings. The molecule has 0 amide bonds. The van der Waals surface area contributed by atoms with Crippen molar-refractivity contribution in [2.45, 2.75) is 46.0 Å². The van der Waals surface area contributed by atoms with E-state index in [1.165, 1.54) is 17.5 Å². The normalized spacial score (nSPS) is 11.6. The summed E-state index contributed by atoms with van der Waals surface area (Å²) in [6.07, 6.45) is 1.23. The minimum absolute atomic E-state index is 0.659. The maximum Gasteiger partial charge on any atom is -0.0193 e. The van der Waals surface area contributed by atoms with Crippen LogP contribution in [0.15, 0.2) is 60.7 Å². The highest BCUT2D eigenvalue weighted by Gasteiger charge is 1.98. The van der Waals surface area contributed by atoms with Crippen molar-refractivity contribution in [1.29, 1.82) is 0 Å². The van der Waals surface area contributed by atoms with Crippen LogP contribution in [-0.4, -0.2) is 0 Å². The zero-order valence-corrected chi connectivity index (χ0v) is 12.6. The molecule has 0 bridgehead atoms. The van der Waals surface area contributed by atoms with Gasteiger partial charge in [0.2, 0.25) is 0 Å². The molecule has 0 radical (unpaired) electrons. The second-order valence-electron chi connectivity index (χ2n) is 5.29. The Morgan fingerprint density at radius 2 is 1.11 bits per heavy atom. The lowest BCUT2D eigenvalue weighted by Gasteiger charge is -2.06. The van der Waals surface area contributed by atoms with Gasteiger partial charge < -0.3 is 0 Å². The van der Waals surface area contributed by atoms with Gasteiger partial charge in [0.05, 0.1) is 0 Å². The van der Waals surface area contributed by atoms with E-state index in [-0.39, 0.29) is 0 Å². The SMILES string of the molecule is CC(C)c1ccccc1.CCC(C)c1ccccc1. The van der Waals surface area contributed by atoms with Gasteiger partial charge in [0, 0.05) is 0 Å². The lowest BCUT2D eigenvalue weighted by Crippen LogP contribution is -1.88. The van der Waals surface area contributed by atoms with E-state index in [0.717, 1.165) is 0 Å². The van der Waals surface area contributed by atoms with Crippen LogP contribution in [0.4, 0.5) is 0 Å². The van der Waals surface area contributed by atoms with Crippen LogP contribution in [0, 0.1) is 0 Å². The lowest BCUT2D eigenvalue weighted by atomic mass is 9.99. The van der Waals surface area contributed by atoms with Crippen LogP contribution in [0.25, 0.3) is 0 Å². The van der Waals surface area contributed by atoms with Gasteiger partial charge in [0.15, 0.2) is 0 Å². The summed E-state index contributed by atoms with van der Waals surface area (Å²) in [6, 6.07) is 21.2. The minimum Gasteiger partial charge on any atom is -0.0648 e. The van der Waals surface area contributed by atoms with E-state index in [1.54, 1.807) is 0 Å². The van der Waals surface area contributed by atoms with Crippen molar-refractivity contribution in [3.63, 3.8) is 0 Å². The molecule has 0 heteroatoms. The molecule has 2 rings (SSSR count). The molecule has 0 saturated carbocycles. The number of hydrogen-bond acceptors (Lipinski definition) is 0. The van der Waals surface area contributed by atoms with Gasteiger partial charge in [-0.3, -0.25) is 0 Å². The van der Waals surface area contributed by atoms with Gasteiger partial charge in [-0.15, -0.1) is 0 Å². The van der Waals surface area contributed by atoms with Gasteiger partial charge in [0.25, 0.3) is 0 Å². The Labute approximate surface area is 118 Å². The van der Waals surface area contributed by atoms with E-state index in [9.17, 15) is 0 Å². The van der Waals surface area contributed by atoms with Crippen molar-refractivity contribution in [2.24, 2.45) is 0 Å². The smallest absolute Gasteiger partial charge is 0.0193 e. The van der Waals surface area contributed by atoms with Crippen LogP contribution in [0.5, 0.6) is 0 Å². The van der Waals surface area contributed by atoms with Crippen LogP contribution in [-0.2, 0) is 0 Å². The average molecular weight is 254 g/mol. The lowest BCUT2D eigenvalue weighted by molar-refractivity contribution is 0.733. The van der Waals surface area contributed by atoms with Crippen molar-refractivity contribution < 1.29 is 0 Å². The highest BCUT2D eigenvalue weighted by molar-refractivity contribution is 5.18. The topological polar surface area (TPSA) is 0 Å². The zero-order chi connectivity index (χ0) is 14.1. The summed E-state index contributed by atoms with van der Waals surface area (Å²) in [5.74, 6) is 1.37. The monoisotopic (exact) mass is 254 g/mol. The van der Waals surface area contributed by atoms with Gasteiger partial charge in [0.1, 0.15) is 0 Å². The van der Waals surface area contributed by atoms with E-state index in [2.05, 4.69) is 82.3 Å². The van der Waals surface area contributed by atoms with Crippen molar-refractivity contribution in [3.05, 3.63) is 71.8 Å². The third kappa shape index (κ3) is 5.74. The van der Waals surface area contributed by atoms with Crippen LogP contribution in [0.2, 0.25) is 0 Å². The zero-order valence-electron chi connectivity index (χ0n) is 12.6. The van der Waals surface area contributed by atoms with Crippen molar-refractivity contribution in [2.75, 3.05) is 0 Å². The standard InChI is InChI=1S/C10H14.C9H12/c1-3-9(2)10-7-5-4-6-8-10;1-8(2)9-6-4-3-5-7-9/h4-9H,3H2,1-2H3;3-8H,1-2H3. The summed E-state index contributed by atoms with van der Waals surface area (Å²) in [5.41, 5.74) is 2.86. The second-order valence-corrected chi connectivity index (χ2v) is 5.29. The van der Waals surface area contributed by atoms with Gasteiger partial charge in [-0.05, 0) is 29.4 Å². The second kappa shape index (κ2) is 8.53. The van der Waals surface area contributed by atoms with Gasteiger partial charge in [-0.2, -0.15) is 0 Å². The highest BCUT2D eigenvalue weighted by atomic mass is 14.0. The summed E-state index contributed by atoms with van der Waals surface area (Å²) in [6.45, 7) is 8.89. The van der Waals surface area contributed by atoms with Crippen molar-refractivity contribution in [3.8, 4) is 0 Å². The van der Waals surface area contributed by atoms with Crippen LogP contribution < -0.4 is 0 Å². The quantitative estimate of drug-likeness (QED) is 0.629. The molecular formula is C19H26. The molecule has 0 fully saturated rings. The summed E-state index contributed by atoms with van der Waals surface area (Å²) in [5, 5.41) is 0. The first kappa shape index (κ1) is 15.5. The molecule has 1 atom stereocenters. The molecule has 19 heavy (non-hydrogen) atoms. The van der Waals surface area contributed by atoms with Crippen LogP contribution in [0.1, 0.15) is 57.1 Å². The van der Waals surface area contributed by atoms with Crippen LogP contribution in [0.3, 0.4) is 0 Å². The number of benzene rings is 2. The summed E-state index contributed by atoms with van der Waals surface area (Å²) in [7, 11) is 0. The summed E-state index contributed by atoms with van der Waals surface area (Å²) in [4.78, 5) is 0. The molecule has 0 spiro atoms. The van der Waals surface area contributed by atoms with Crippen molar-refractivity contribution in [1.82, 2.24) is 0 Å². The predicted octanol–water partition coefficient (Wildman–Crippen LogP) is 6.01. The minimum atomic E-state index is 0.659. The Morgan fingerprint density at radius 3 is 1.42 bits per heavy atom. The predicted molar refractivity (Wildman–Crippen MR) is 85.7 cm³/mol. The number of rotatable bonds is 3. The van der Waals surface area contributed by atoms with Crippen molar-refractivity contribution >= 4 is 0 Å². The largest absolute Gasteiger partial charge is 0.0648 e.